The number of rotatable bonds is 8. The molecule has 3 nitrogen and oxygen atoms in total. The SMILES string of the molecule is C=CCOc1c(Cl)cc(C[NH2+]CCC)cc1OC. The number of benzene rings is 1. The van der Waals surface area contributed by atoms with Crippen LogP contribution in [0.3, 0.4) is 0 Å². The van der Waals surface area contributed by atoms with Gasteiger partial charge in [0.25, 0.3) is 0 Å². The predicted octanol–water partition coefficient (Wildman–Crippen LogP) is 2.39. The highest BCUT2D eigenvalue weighted by Gasteiger charge is 2.12. The smallest absolute Gasteiger partial charge is 0.180 e. The van der Waals surface area contributed by atoms with E-state index in [0.29, 0.717) is 23.1 Å². The highest BCUT2D eigenvalue weighted by atomic mass is 35.5. The van der Waals surface area contributed by atoms with Crippen molar-refractivity contribution in [3.63, 3.8) is 0 Å². The largest absolute Gasteiger partial charge is 0.493 e. The molecule has 0 atom stereocenters. The van der Waals surface area contributed by atoms with Crippen molar-refractivity contribution in [3.05, 3.63) is 35.4 Å². The Labute approximate surface area is 114 Å². The van der Waals surface area contributed by atoms with Crippen molar-refractivity contribution >= 4 is 11.6 Å². The van der Waals surface area contributed by atoms with Crippen molar-refractivity contribution in [2.75, 3.05) is 20.3 Å². The number of quaternary nitrogens is 1. The van der Waals surface area contributed by atoms with E-state index in [-0.39, 0.29) is 0 Å². The van der Waals surface area contributed by atoms with Gasteiger partial charge in [0.15, 0.2) is 11.5 Å². The first-order valence-electron chi connectivity index (χ1n) is 6.14. The summed E-state index contributed by atoms with van der Waals surface area (Å²) in [6, 6.07) is 3.89. The van der Waals surface area contributed by atoms with Crippen LogP contribution in [0.25, 0.3) is 0 Å². The minimum absolute atomic E-state index is 0.414. The topological polar surface area (TPSA) is 35.1 Å². The van der Waals surface area contributed by atoms with Crippen LogP contribution < -0.4 is 14.8 Å². The first-order valence-corrected chi connectivity index (χ1v) is 6.52. The lowest BCUT2D eigenvalue weighted by Crippen LogP contribution is -2.82. The normalized spacial score (nSPS) is 10.2. The van der Waals surface area contributed by atoms with Gasteiger partial charge >= 0.3 is 0 Å². The molecular formula is C14H21ClNO2+. The fourth-order valence-corrected chi connectivity index (χ4v) is 1.93. The zero-order chi connectivity index (χ0) is 13.4. The van der Waals surface area contributed by atoms with Crippen molar-refractivity contribution < 1.29 is 14.8 Å². The third-order valence-electron chi connectivity index (χ3n) is 2.51. The Morgan fingerprint density at radius 1 is 1.44 bits per heavy atom. The van der Waals surface area contributed by atoms with Crippen molar-refractivity contribution in [1.29, 1.82) is 0 Å². The molecule has 100 valence electrons. The standard InChI is InChI=1S/C14H20ClNO2/c1-4-6-16-10-11-8-12(15)14(18-7-5-2)13(9-11)17-3/h5,8-9,16H,2,4,6-7,10H2,1,3H3/p+1. The van der Waals surface area contributed by atoms with Gasteiger partial charge in [-0.3, -0.25) is 0 Å². The minimum atomic E-state index is 0.414. The van der Waals surface area contributed by atoms with Crippen LogP contribution in [-0.2, 0) is 6.54 Å². The molecule has 0 aliphatic heterocycles. The average molecular weight is 271 g/mol. The number of methoxy groups -OCH3 is 1. The van der Waals surface area contributed by atoms with Crippen molar-refractivity contribution in [2.45, 2.75) is 19.9 Å². The third kappa shape index (κ3) is 4.24. The fraction of sp³-hybridized carbons (Fsp3) is 0.429. The molecule has 1 aromatic rings. The van der Waals surface area contributed by atoms with Gasteiger partial charge in [-0.1, -0.05) is 31.2 Å². The van der Waals surface area contributed by atoms with Gasteiger partial charge < -0.3 is 14.8 Å². The fourth-order valence-electron chi connectivity index (χ4n) is 1.65. The number of nitrogens with two attached hydrogens (primary N) is 1. The van der Waals surface area contributed by atoms with Crippen LogP contribution in [0.4, 0.5) is 0 Å². The Kier molecular flexibility index (Phi) is 6.61. The van der Waals surface area contributed by atoms with E-state index >= 15 is 0 Å². The summed E-state index contributed by atoms with van der Waals surface area (Å²) >= 11 is 6.21. The van der Waals surface area contributed by atoms with E-state index in [0.717, 1.165) is 25.1 Å². The summed E-state index contributed by atoms with van der Waals surface area (Å²) in [5, 5.41) is 2.83. The quantitative estimate of drug-likeness (QED) is 0.581. The third-order valence-corrected chi connectivity index (χ3v) is 2.79. The van der Waals surface area contributed by atoms with Gasteiger partial charge in [-0.25, -0.2) is 0 Å². The molecule has 0 bridgehead atoms. The average Bonchev–Trinajstić information content (AvgIpc) is 2.37. The van der Waals surface area contributed by atoms with Gasteiger partial charge in [0.05, 0.1) is 18.7 Å². The molecule has 0 amide bonds. The first-order chi connectivity index (χ1) is 8.72. The maximum atomic E-state index is 6.21. The molecule has 0 unspecified atom stereocenters. The number of hydrogen-bond acceptors (Lipinski definition) is 2. The molecule has 0 saturated heterocycles. The van der Waals surface area contributed by atoms with Gasteiger partial charge in [-0.15, -0.1) is 0 Å². The molecule has 4 heteroatoms. The van der Waals surface area contributed by atoms with Crippen LogP contribution in [-0.4, -0.2) is 20.3 Å². The predicted molar refractivity (Wildman–Crippen MR) is 74.5 cm³/mol. The highest BCUT2D eigenvalue weighted by molar-refractivity contribution is 6.32. The van der Waals surface area contributed by atoms with Gasteiger partial charge in [0, 0.05) is 5.56 Å². The summed E-state index contributed by atoms with van der Waals surface area (Å²) in [5.74, 6) is 1.25. The number of halogens is 1. The lowest BCUT2D eigenvalue weighted by atomic mass is 10.2. The summed E-state index contributed by atoms with van der Waals surface area (Å²) in [4.78, 5) is 0. The van der Waals surface area contributed by atoms with E-state index in [4.69, 9.17) is 21.1 Å². The molecule has 0 aliphatic rings. The van der Waals surface area contributed by atoms with E-state index in [1.165, 1.54) is 0 Å². The lowest BCUT2D eigenvalue weighted by Gasteiger charge is -2.12. The molecule has 0 saturated carbocycles. The second-order valence-corrected chi connectivity index (χ2v) is 4.40. The molecule has 1 rings (SSSR count). The van der Waals surface area contributed by atoms with Crippen LogP contribution >= 0.6 is 11.6 Å². The van der Waals surface area contributed by atoms with Crippen LogP contribution in [0.2, 0.25) is 5.02 Å². The van der Waals surface area contributed by atoms with E-state index in [2.05, 4.69) is 18.8 Å². The van der Waals surface area contributed by atoms with Crippen LogP contribution in [0.1, 0.15) is 18.9 Å². The van der Waals surface area contributed by atoms with Gasteiger partial charge in [0.2, 0.25) is 0 Å². The Hall–Kier alpha value is -1.19. The van der Waals surface area contributed by atoms with E-state index in [1.807, 2.05) is 12.1 Å². The van der Waals surface area contributed by atoms with Crippen LogP contribution in [0.5, 0.6) is 11.5 Å². The van der Waals surface area contributed by atoms with Crippen LogP contribution in [0.15, 0.2) is 24.8 Å². The van der Waals surface area contributed by atoms with Gasteiger partial charge in [-0.05, 0) is 18.6 Å². The van der Waals surface area contributed by atoms with Gasteiger partial charge in [-0.2, -0.15) is 0 Å². The molecule has 0 radical (unpaired) electrons. The molecule has 0 aromatic heterocycles. The Morgan fingerprint density at radius 3 is 2.83 bits per heavy atom. The molecule has 0 fully saturated rings. The Morgan fingerprint density at radius 2 is 2.22 bits per heavy atom. The minimum Gasteiger partial charge on any atom is -0.493 e. The molecule has 18 heavy (non-hydrogen) atoms. The van der Waals surface area contributed by atoms with Crippen molar-refractivity contribution in [1.82, 2.24) is 0 Å². The molecule has 2 N–H and O–H groups in total. The zero-order valence-electron chi connectivity index (χ0n) is 11.0. The molecular weight excluding hydrogens is 250 g/mol. The highest BCUT2D eigenvalue weighted by Crippen LogP contribution is 2.36. The monoisotopic (exact) mass is 270 g/mol. The van der Waals surface area contributed by atoms with Crippen molar-refractivity contribution in [3.8, 4) is 11.5 Å². The van der Waals surface area contributed by atoms with Crippen LogP contribution in [0, 0.1) is 0 Å². The van der Waals surface area contributed by atoms with Crippen molar-refractivity contribution in [2.24, 2.45) is 0 Å². The van der Waals surface area contributed by atoms with E-state index in [1.54, 1.807) is 13.2 Å². The molecule has 0 spiro atoms. The second-order valence-electron chi connectivity index (χ2n) is 3.99. The zero-order valence-corrected chi connectivity index (χ0v) is 11.8. The van der Waals surface area contributed by atoms with Gasteiger partial charge in [0.1, 0.15) is 13.2 Å². The van der Waals surface area contributed by atoms with E-state index < -0.39 is 0 Å². The maximum absolute atomic E-state index is 6.21. The number of ether oxygens (including phenoxy) is 2. The summed E-state index contributed by atoms with van der Waals surface area (Å²) in [6.07, 6.45) is 2.84. The molecule has 0 aliphatic carbocycles. The summed E-state index contributed by atoms with van der Waals surface area (Å²) in [5.41, 5.74) is 1.14. The Balaban J connectivity index is 2.84. The molecule has 1 aromatic carbocycles. The lowest BCUT2D eigenvalue weighted by molar-refractivity contribution is -0.670. The summed E-state index contributed by atoms with van der Waals surface area (Å²) in [7, 11) is 1.62. The summed E-state index contributed by atoms with van der Waals surface area (Å²) < 4.78 is 10.8. The maximum Gasteiger partial charge on any atom is 0.180 e. The first kappa shape index (κ1) is 14.9. The summed E-state index contributed by atoms with van der Waals surface area (Å²) in [6.45, 7) is 8.19. The second kappa shape index (κ2) is 8.01. The molecule has 0 heterocycles. The number of hydrogen-bond donors (Lipinski definition) is 1. The van der Waals surface area contributed by atoms with E-state index in [9.17, 15) is 0 Å². The Bertz CT molecular complexity index is 394.